The molecule has 0 bridgehead atoms. The van der Waals surface area contributed by atoms with Gasteiger partial charge in [-0.25, -0.2) is 0 Å². The monoisotopic (exact) mass is 888 g/mol. The molecule has 1 saturated heterocycles. The normalized spacial score (nSPS) is 20.7. The third-order valence-electron chi connectivity index (χ3n) is 11.0. The summed E-state index contributed by atoms with van der Waals surface area (Å²) in [6, 6.07) is -0.872. The minimum atomic E-state index is -1.59. The van der Waals surface area contributed by atoms with Crippen molar-refractivity contribution < 1.29 is 49.3 Å². The Bertz CT molecular complexity index is 1280. The summed E-state index contributed by atoms with van der Waals surface area (Å²) in [5, 5.41) is 53.9. The lowest BCUT2D eigenvalue weighted by Gasteiger charge is -2.40. The third-order valence-corrected chi connectivity index (χ3v) is 11.0. The van der Waals surface area contributed by atoms with Crippen LogP contribution in [0.15, 0.2) is 72.9 Å². The number of aliphatic hydroxyl groups is 5. The molecule has 1 heterocycles. The van der Waals surface area contributed by atoms with Gasteiger partial charge in [0.1, 0.15) is 24.4 Å². The number of nitrogens with one attached hydrogen (secondary N) is 1. The van der Waals surface area contributed by atoms with Gasteiger partial charge in [0.25, 0.3) is 0 Å². The van der Waals surface area contributed by atoms with Crippen LogP contribution in [0.5, 0.6) is 0 Å². The van der Waals surface area contributed by atoms with Crippen LogP contribution in [-0.4, -0.2) is 100 Å². The molecule has 362 valence electrons. The summed E-state index contributed by atoms with van der Waals surface area (Å²) < 4.78 is 16.5. The van der Waals surface area contributed by atoms with E-state index in [0.717, 1.165) is 77.0 Å². The van der Waals surface area contributed by atoms with Crippen molar-refractivity contribution in [1.29, 1.82) is 0 Å². The van der Waals surface area contributed by atoms with Crippen molar-refractivity contribution in [1.82, 2.24) is 5.32 Å². The van der Waals surface area contributed by atoms with E-state index >= 15 is 0 Å². The molecular weight excluding hydrogens is 799 g/mol. The minimum Gasteiger partial charge on any atom is -0.466 e. The Balaban J connectivity index is 2.21. The highest BCUT2D eigenvalue weighted by Gasteiger charge is 2.44. The van der Waals surface area contributed by atoms with Crippen LogP contribution >= 0.6 is 0 Å². The first-order valence-electron chi connectivity index (χ1n) is 24.7. The van der Waals surface area contributed by atoms with Gasteiger partial charge in [-0.05, 0) is 89.9 Å². The standard InChI is InChI=1S/C52H89NO10/c1-3-5-7-9-11-13-14-16-20-24-28-32-36-40-48(57)61-41-37-33-29-25-21-18-15-17-19-23-27-31-35-39-47(56)53-44(45(55)38-34-30-26-22-12-10-8-6-4-2)43-62-52-51(60)50(59)49(58)46(42-54)63-52/h7,9,12-14,17,19,22,27,31,34,38,44-46,49-52,54-55,58-60H,3-6,8,10-11,15-16,18,20-21,23-26,28-30,32-33,35-37,39-43H2,1-2H3,(H,53,56)/b9-7-,14-13-,19-17-,22-12+,31-27-,38-34+. The third kappa shape index (κ3) is 32.4. The molecule has 11 nitrogen and oxygen atoms in total. The molecule has 0 radical (unpaired) electrons. The summed E-state index contributed by atoms with van der Waals surface area (Å²) >= 11 is 0. The summed E-state index contributed by atoms with van der Waals surface area (Å²) in [4.78, 5) is 24.9. The van der Waals surface area contributed by atoms with Crippen LogP contribution in [0.25, 0.3) is 0 Å². The first kappa shape index (κ1) is 58.1. The molecule has 11 heteroatoms. The van der Waals surface area contributed by atoms with E-state index in [4.69, 9.17) is 14.2 Å². The van der Waals surface area contributed by atoms with Crippen LogP contribution in [0.2, 0.25) is 0 Å². The van der Waals surface area contributed by atoms with E-state index < -0.39 is 49.5 Å². The fraction of sp³-hybridized carbons (Fsp3) is 0.731. The molecule has 0 aromatic rings. The molecule has 0 aliphatic carbocycles. The number of allylic oxidation sites excluding steroid dienone is 11. The Morgan fingerprint density at radius 1 is 0.587 bits per heavy atom. The number of esters is 1. The van der Waals surface area contributed by atoms with Crippen LogP contribution in [-0.2, 0) is 23.8 Å². The van der Waals surface area contributed by atoms with Crippen molar-refractivity contribution in [2.75, 3.05) is 19.8 Å². The highest BCUT2D eigenvalue weighted by Crippen LogP contribution is 2.22. The van der Waals surface area contributed by atoms with Gasteiger partial charge in [0, 0.05) is 12.8 Å². The number of ether oxygens (including phenoxy) is 3. The predicted octanol–water partition coefficient (Wildman–Crippen LogP) is 9.71. The summed E-state index contributed by atoms with van der Waals surface area (Å²) in [6.45, 7) is 4.07. The average molecular weight is 888 g/mol. The maximum absolute atomic E-state index is 12.9. The van der Waals surface area contributed by atoms with Crippen LogP contribution in [0.3, 0.4) is 0 Å². The number of hydrogen-bond donors (Lipinski definition) is 6. The lowest BCUT2D eigenvalue weighted by molar-refractivity contribution is -0.302. The molecule has 1 rings (SSSR count). The summed E-state index contributed by atoms with van der Waals surface area (Å²) in [7, 11) is 0. The second-order valence-corrected chi connectivity index (χ2v) is 16.8. The molecule has 1 amide bonds. The topological polar surface area (TPSA) is 175 Å². The molecule has 7 unspecified atom stereocenters. The molecule has 63 heavy (non-hydrogen) atoms. The zero-order valence-corrected chi connectivity index (χ0v) is 39.3. The van der Waals surface area contributed by atoms with Gasteiger partial charge in [0.05, 0.1) is 32.0 Å². The van der Waals surface area contributed by atoms with E-state index in [-0.39, 0.29) is 24.9 Å². The summed E-state index contributed by atoms with van der Waals surface area (Å²) in [6.07, 6.45) is 42.9. The largest absolute Gasteiger partial charge is 0.466 e. The van der Waals surface area contributed by atoms with E-state index in [0.29, 0.717) is 25.9 Å². The zero-order chi connectivity index (χ0) is 46.0. The van der Waals surface area contributed by atoms with Gasteiger partial charge >= 0.3 is 5.97 Å². The number of carbonyl (C=O) groups is 2. The second kappa shape index (κ2) is 41.8. The van der Waals surface area contributed by atoms with Gasteiger partial charge in [0.15, 0.2) is 6.29 Å². The van der Waals surface area contributed by atoms with Crippen molar-refractivity contribution in [3.8, 4) is 0 Å². The van der Waals surface area contributed by atoms with Gasteiger partial charge in [-0.2, -0.15) is 0 Å². The second-order valence-electron chi connectivity index (χ2n) is 16.8. The Morgan fingerprint density at radius 2 is 1.13 bits per heavy atom. The number of aliphatic hydroxyl groups excluding tert-OH is 5. The Hall–Kier alpha value is -2.90. The van der Waals surface area contributed by atoms with Crippen molar-refractivity contribution >= 4 is 11.9 Å². The molecule has 0 aromatic carbocycles. The number of hydrogen-bond acceptors (Lipinski definition) is 10. The molecule has 0 saturated carbocycles. The fourth-order valence-electron chi connectivity index (χ4n) is 7.00. The first-order chi connectivity index (χ1) is 30.7. The maximum atomic E-state index is 12.9. The molecule has 1 aliphatic heterocycles. The quantitative estimate of drug-likeness (QED) is 0.0198. The van der Waals surface area contributed by atoms with Crippen LogP contribution < -0.4 is 5.32 Å². The molecule has 0 aromatic heterocycles. The predicted molar refractivity (Wildman–Crippen MR) is 255 cm³/mol. The highest BCUT2D eigenvalue weighted by molar-refractivity contribution is 5.76. The van der Waals surface area contributed by atoms with Crippen LogP contribution in [0, 0.1) is 0 Å². The molecule has 6 N–H and O–H groups in total. The fourth-order valence-corrected chi connectivity index (χ4v) is 7.00. The Morgan fingerprint density at radius 3 is 1.76 bits per heavy atom. The number of unbranched alkanes of at least 4 members (excludes halogenated alkanes) is 16. The zero-order valence-electron chi connectivity index (χ0n) is 39.3. The number of carbonyl (C=O) groups excluding carboxylic acids is 2. The van der Waals surface area contributed by atoms with Crippen molar-refractivity contribution in [2.24, 2.45) is 0 Å². The van der Waals surface area contributed by atoms with E-state index in [2.05, 4.69) is 67.8 Å². The van der Waals surface area contributed by atoms with Gasteiger partial charge in [0.2, 0.25) is 5.91 Å². The highest BCUT2D eigenvalue weighted by atomic mass is 16.7. The van der Waals surface area contributed by atoms with E-state index in [9.17, 15) is 35.1 Å². The SMILES string of the molecule is CCC/C=C\C/C=C\CCCCCCCC(=O)OCCCCCCCC/C=C\C/C=C\CCC(=O)NC(COC1OC(CO)C(O)C(O)C1O)C(O)/C=C/CC/C=C/CCCCC. The van der Waals surface area contributed by atoms with Crippen molar-refractivity contribution in [3.05, 3.63) is 72.9 Å². The van der Waals surface area contributed by atoms with Gasteiger partial charge in [-0.3, -0.25) is 9.59 Å². The Kier molecular flexibility index (Phi) is 38.5. The van der Waals surface area contributed by atoms with Crippen LogP contribution in [0.4, 0.5) is 0 Å². The smallest absolute Gasteiger partial charge is 0.305 e. The number of rotatable bonds is 40. The minimum absolute atomic E-state index is 0.0578. The number of amides is 1. The molecule has 1 aliphatic rings. The lowest BCUT2D eigenvalue weighted by Crippen LogP contribution is -2.60. The van der Waals surface area contributed by atoms with Crippen molar-refractivity contribution in [3.63, 3.8) is 0 Å². The van der Waals surface area contributed by atoms with Gasteiger partial charge in [-0.1, -0.05) is 151 Å². The van der Waals surface area contributed by atoms with Gasteiger partial charge in [-0.15, -0.1) is 0 Å². The Labute approximate surface area is 381 Å². The summed E-state index contributed by atoms with van der Waals surface area (Å²) in [5.74, 6) is -0.337. The van der Waals surface area contributed by atoms with E-state index in [1.807, 2.05) is 18.2 Å². The first-order valence-corrected chi connectivity index (χ1v) is 24.7. The van der Waals surface area contributed by atoms with Crippen molar-refractivity contribution in [2.45, 2.75) is 224 Å². The molecule has 1 fully saturated rings. The van der Waals surface area contributed by atoms with Crippen LogP contribution in [0.1, 0.15) is 181 Å². The molecular formula is C52H89NO10. The summed E-state index contributed by atoms with van der Waals surface area (Å²) in [5.41, 5.74) is 0. The van der Waals surface area contributed by atoms with Gasteiger partial charge < -0.3 is 45.1 Å². The maximum Gasteiger partial charge on any atom is 0.305 e. The molecule has 0 spiro atoms. The molecule has 7 atom stereocenters. The average Bonchev–Trinajstić information content (AvgIpc) is 3.28. The van der Waals surface area contributed by atoms with E-state index in [1.54, 1.807) is 6.08 Å². The van der Waals surface area contributed by atoms with E-state index in [1.165, 1.54) is 64.2 Å². The lowest BCUT2D eigenvalue weighted by atomic mass is 9.99.